The molecule has 3 nitrogen and oxygen atoms in total. The summed E-state index contributed by atoms with van der Waals surface area (Å²) < 4.78 is 0. The van der Waals surface area contributed by atoms with Crippen molar-refractivity contribution in [2.75, 3.05) is 0 Å². The molecule has 0 aliphatic heterocycles. The van der Waals surface area contributed by atoms with Crippen molar-refractivity contribution in [1.29, 1.82) is 0 Å². The molecule has 3 rings (SSSR count). The lowest BCUT2D eigenvalue weighted by atomic mass is 10.1. The Hall–Kier alpha value is -2.07. The van der Waals surface area contributed by atoms with E-state index in [2.05, 4.69) is 9.97 Å². The molecule has 3 aromatic rings. The van der Waals surface area contributed by atoms with Crippen molar-refractivity contribution in [2.45, 2.75) is 6.42 Å². The lowest BCUT2D eigenvalue weighted by molar-refractivity contribution is 0.0989. The molecule has 0 radical (unpaired) electrons. The fourth-order valence-electron chi connectivity index (χ4n) is 1.80. The summed E-state index contributed by atoms with van der Waals surface area (Å²) in [6.45, 7) is 0. The van der Waals surface area contributed by atoms with Gasteiger partial charge in [0.1, 0.15) is 5.69 Å². The van der Waals surface area contributed by atoms with Crippen molar-refractivity contribution in [1.82, 2.24) is 9.97 Å². The number of hydrogen-bond donors (Lipinski definition) is 0. The molecule has 0 atom stereocenters. The minimum atomic E-state index is 0.0324. The van der Waals surface area contributed by atoms with Crippen LogP contribution in [0, 0.1) is 0 Å². The summed E-state index contributed by atoms with van der Waals surface area (Å²) in [6.07, 6.45) is 2.10. The number of fused-ring (bicyclic) bond motifs is 1. The van der Waals surface area contributed by atoms with Gasteiger partial charge < -0.3 is 0 Å². The number of Topliss-reactive ketones (excluding diaryl/α,β-unsaturated/α-hetero) is 1. The van der Waals surface area contributed by atoms with Gasteiger partial charge in [-0.1, -0.05) is 24.3 Å². The highest BCUT2D eigenvalue weighted by molar-refractivity contribution is 7.09. The molecule has 0 unspecified atom stereocenters. The predicted octanol–water partition coefficient (Wildman–Crippen LogP) is 3.12. The molecule has 0 saturated carbocycles. The number of pyridine rings is 1. The van der Waals surface area contributed by atoms with Crippen LogP contribution in [0.15, 0.2) is 48.1 Å². The van der Waals surface area contributed by atoms with E-state index in [1.54, 1.807) is 17.8 Å². The normalized spacial score (nSPS) is 10.7. The molecule has 88 valence electrons. The van der Waals surface area contributed by atoms with Crippen LogP contribution in [0.4, 0.5) is 0 Å². The number of nitrogens with zero attached hydrogens (tertiary/aromatic N) is 2. The molecule has 0 spiro atoms. The maximum atomic E-state index is 12.1. The average molecular weight is 254 g/mol. The van der Waals surface area contributed by atoms with Crippen LogP contribution < -0.4 is 0 Å². The second-order valence-electron chi connectivity index (χ2n) is 3.96. The Morgan fingerprint density at radius 2 is 2.06 bits per heavy atom. The average Bonchev–Trinajstić information content (AvgIpc) is 2.91. The van der Waals surface area contributed by atoms with Gasteiger partial charge in [-0.3, -0.25) is 9.78 Å². The number of carbonyl (C=O) groups is 1. The lowest BCUT2D eigenvalue weighted by Gasteiger charge is -2.01. The Kier molecular flexibility index (Phi) is 2.86. The predicted molar refractivity (Wildman–Crippen MR) is 71.9 cm³/mol. The standard InChI is InChI=1S/C14H10N2OS/c17-14(7-11-8-15-9-18-11)13-6-5-10-3-1-2-4-12(10)16-13/h1-6,8-9H,7H2. The Morgan fingerprint density at radius 1 is 1.17 bits per heavy atom. The van der Waals surface area contributed by atoms with Gasteiger partial charge in [-0.05, 0) is 12.1 Å². The zero-order chi connectivity index (χ0) is 12.4. The Balaban J connectivity index is 1.92. The van der Waals surface area contributed by atoms with Gasteiger partial charge >= 0.3 is 0 Å². The van der Waals surface area contributed by atoms with Crippen LogP contribution >= 0.6 is 11.3 Å². The first-order chi connectivity index (χ1) is 8.83. The lowest BCUT2D eigenvalue weighted by Crippen LogP contribution is -2.04. The van der Waals surface area contributed by atoms with E-state index in [1.165, 1.54) is 11.3 Å². The number of benzene rings is 1. The van der Waals surface area contributed by atoms with E-state index in [-0.39, 0.29) is 5.78 Å². The molecule has 0 saturated heterocycles. The molecule has 0 N–H and O–H groups in total. The van der Waals surface area contributed by atoms with Gasteiger partial charge in [0.05, 0.1) is 11.0 Å². The van der Waals surface area contributed by atoms with Crippen molar-refractivity contribution in [3.05, 3.63) is 58.7 Å². The minimum absolute atomic E-state index is 0.0324. The first-order valence-corrected chi connectivity index (χ1v) is 6.47. The van der Waals surface area contributed by atoms with Crippen molar-refractivity contribution in [3.63, 3.8) is 0 Å². The van der Waals surface area contributed by atoms with Crippen molar-refractivity contribution < 1.29 is 4.79 Å². The zero-order valence-corrected chi connectivity index (χ0v) is 10.4. The summed E-state index contributed by atoms with van der Waals surface area (Å²) in [7, 11) is 0. The number of thiazole rings is 1. The van der Waals surface area contributed by atoms with Crippen molar-refractivity contribution in [3.8, 4) is 0 Å². The molecular formula is C14H10N2OS. The first-order valence-electron chi connectivity index (χ1n) is 5.59. The maximum absolute atomic E-state index is 12.1. The van der Waals surface area contributed by atoms with Gasteiger partial charge in [-0.25, -0.2) is 4.98 Å². The van der Waals surface area contributed by atoms with Gasteiger partial charge in [0, 0.05) is 22.9 Å². The van der Waals surface area contributed by atoms with Gasteiger partial charge in [0.2, 0.25) is 0 Å². The quantitative estimate of drug-likeness (QED) is 0.674. The third-order valence-corrected chi connectivity index (χ3v) is 3.48. The smallest absolute Gasteiger partial charge is 0.186 e. The van der Waals surface area contributed by atoms with E-state index in [0.717, 1.165) is 15.8 Å². The van der Waals surface area contributed by atoms with Crippen LogP contribution in [0.2, 0.25) is 0 Å². The van der Waals surface area contributed by atoms with Crippen LogP contribution in [0.3, 0.4) is 0 Å². The van der Waals surface area contributed by atoms with Gasteiger partial charge in [0.25, 0.3) is 0 Å². The number of para-hydroxylation sites is 1. The highest BCUT2D eigenvalue weighted by Gasteiger charge is 2.10. The van der Waals surface area contributed by atoms with Crippen LogP contribution in [0.25, 0.3) is 10.9 Å². The number of aromatic nitrogens is 2. The van der Waals surface area contributed by atoms with Crippen LogP contribution in [-0.2, 0) is 6.42 Å². The molecule has 0 aliphatic carbocycles. The summed E-state index contributed by atoms with van der Waals surface area (Å²) in [5.74, 6) is 0.0324. The zero-order valence-electron chi connectivity index (χ0n) is 9.54. The number of carbonyl (C=O) groups excluding carboxylic acids is 1. The Labute approximate surface area is 108 Å². The third kappa shape index (κ3) is 2.15. The van der Waals surface area contributed by atoms with Gasteiger partial charge in [-0.2, -0.15) is 0 Å². The van der Waals surface area contributed by atoms with Crippen LogP contribution in [0.1, 0.15) is 15.4 Å². The van der Waals surface area contributed by atoms with Crippen LogP contribution in [0.5, 0.6) is 0 Å². The van der Waals surface area contributed by atoms with E-state index in [9.17, 15) is 4.79 Å². The number of rotatable bonds is 3. The summed E-state index contributed by atoms with van der Waals surface area (Å²) in [6, 6.07) is 11.5. The molecule has 0 aliphatic rings. The molecule has 18 heavy (non-hydrogen) atoms. The van der Waals surface area contributed by atoms with E-state index < -0.39 is 0 Å². The van der Waals surface area contributed by atoms with E-state index >= 15 is 0 Å². The molecule has 0 bridgehead atoms. The van der Waals surface area contributed by atoms with Gasteiger partial charge in [-0.15, -0.1) is 11.3 Å². The molecule has 0 amide bonds. The monoisotopic (exact) mass is 254 g/mol. The van der Waals surface area contributed by atoms with Gasteiger partial charge in [0.15, 0.2) is 5.78 Å². The van der Waals surface area contributed by atoms with E-state index in [4.69, 9.17) is 0 Å². The molecule has 4 heteroatoms. The SMILES string of the molecule is O=C(Cc1cncs1)c1ccc2ccccc2n1. The molecule has 0 fully saturated rings. The maximum Gasteiger partial charge on any atom is 0.186 e. The fourth-order valence-corrected chi connectivity index (χ4v) is 2.39. The summed E-state index contributed by atoms with van der Waals surface area (Å²) in [4.78, 5) is 21.4. The molecular weight excluding hydrogens is 244 g/mol. The summed E-state index contributed by atoms with van der Waals surface area (Å²) >= 11 is 1.49. The van der Waals surface area contributed by atoms with Crippen molar-refractivity contribution in [2.24, 2.45) is 0 Å². The summed E-state index contributed by atoms with van der Waals surface area (Å²) in [5.41, 5.74) is 3.10. The molecule has 2 aromatic heterocycles. The first kappa shape index (κ1) is 11.0. The Morgan fingerprint density at radius 3 is 2.89 bits per heavy atom. The van der Waals surface area contributed by atoms with E-state index in [0.29, 0.717) is 12.1 Å². The minimum Gasteiger partial charge on any atom is -0.292 e. The Bertz CT molecular complexity index is 692. The second kappa shape index (κ2) is 4.66. The highest BCUT2D eigenvalue weighted by Crippen LogP contribution is 2.14. The molecule has 1 aromatic carbocycles. The third-order valence-electron chi connectivity index (χ3n) is 2.70. The largest absolute Gasteiger partial charge is 0.292 e. The second-order valence-corrected chi connectivity index (χ2v) is 4.93. The van der Waals surface area contributed by atoms with Crippen molar-refractivity contribution >= 4 is 28.0 Å². The number of ketones is 1. The highest BCUT2D eigenvalue weighted by atomic mass is 32.1. The van der Waals surface area contributed by atoms with Crippen LogP contribution in [-0.4, -0.2) is 15.8 Å². The van der Waals surface area contributed by atoms with E-state index in [1.807, 2.05) is 30.3 Å². The summed E-state index contributed by atoms with van der Waals surface area (Å²) in [5, 5.41) is 1.05. The topological polar surface area (TPSA) is 42.9 Å². The number of hydrogen-bond acceptors (Lipinski definition) is 4. The molecule has 2 heterocycles. The fraction of sp³-hybridized carbons (Fsp3) is 0.0714.